The molecule has 1 aliphatic carbocycles. The highest BCUT2D eigenvalue weighted by atomic mass is 13.8. The second-order valence-corrected chi connectivity index (χ2v) is 4.56. The number of allylic oxidation sites excluding steroid dienone is 4. The maximum absolute atomic E-state index is 2.17. The molecule has 1 aliphatic rings. The van der Waals surface area contributed by atoms with E-state index in [-0.39, 0.29) is 0 Å². The van der Waals surface area contributed by atoms with E-state index in [0.29, 0.717) is 0 Å². The van der Waals surface area contributed by atoms with Crippen LogP contribution in [0.4, 0.5) is 0 Å². The van der Waals surface area contributed by atoms with Crippen molar-refractivity contribution in [3.63, 3.8) is 0 Å². The molecule has 0 aromatic carbocycles. The zero-order valence-electron chi connectivity index (χ0n) is 10.2. The van der Waals surface area contributed by atoms with Crippen LogP contribution in [0.25, 0.3) is 0 Å². The average molecular weight is 182 g/mol. The summed E-state index contributed by atoms with van der Waals surface area (Å²) < 4.78 is 0. The zero-order chi connectivity index (χ0) is 10.7. The Bertz CT molecular complexity index is 105. The highest BCUT2D eigenvalue weighted by Crippen LogP contribution is 1.93. The lowest BCUT2D eigenvalue weighted by atomic mass is 10.3. The van der Waals surface area contributed by atoms with Crippen LogP contribution >= 0.6 is 0 Å². The third-order valence-electron chi connectivity index (χ3n) is 0.655. The fourth-order valence-corrected chi connectivity index (χ4v) is 0.393. The van der Waals surface area contributed by atoms with Crippen LogP contribution in [-0.2, 0) is 0 Å². The van der Waals surface area contributed by atoms with E-state index < -0.39 is 0 Å². The highest BCUT2D eigenvalue weighted by Gasteiger charge is 1.72. The van der Waals surface area contributed by atoms with E-state index in [1.54, 1.807) is 0 Å². The lowest BCUT2D eigenvalue weighted by molar-refractivity contribution is 0.736. The van der Waals surface area contributed by atoms with Crippen molar-refractivity contribution in [2.24, 2.45) is 11.8 Å². The van der Waals surface area contributed by atoms with Crippen LogP contribution in [0.5, 0.6) is 0 Å². The summed E-state index contributed by atoms with van der Waals surface area (Å²) in [6, 6.07) is 0. The minimum Gasteiger partial charge on any atom is -0.0808 e. The lowest BCUT2D eigenvalue weighted by Gasteiger charge is -1.79. The second-order valence-electron chi connectivity index (χ2n) is 4.56. The molecule has 0 saturated heterocycles. The predicted molar refractivity (Wildman–Crippen MR) is 63.9 cm³/mol. The first-order valence-corrected chi connectivity index (χ1v) is 5.28. The summed E-state index contributed by atoms with van der Waals surface area (Å²) in [4.78, 5) is 0. The van der Waals surface area contributed by atoms with Crippen molar-refractivity contribution in [3.8, 4) is 0 Å². The molecule has 0 heterocycles. The van der Waals surface area contributed by atoms with Gasteiger partial charge in [0.15, 0.2) is 0 Å². The van der Waals surface area contributed by atoms with Gasteiger partial charge in [-0.15, -0.1) is 0 Å². The van der Waals surface area contributed by atoms with Crippen molar-refractivity contribution in [3.05, 3.63) is 24.3 Å². The van der Waals surface area contributed by atoms with Gasteiger partial charge in [-0.2, -0.15) is 0 Å². The van der Waals surface area contributed by atoms with E-state index in [9.17, 15) is 0 Å². The zero-order valence-corrected chi connectivity index (χ0v) is 10.2. The Hall–Kier alpha value is -0.520. The monoisotopic (exact) mass is 182 g/mol. The largest absolute Gasteiger partial charge is 0.0808 e. The molecule has 13 heavy (non-hydrogen) atoms. The molecule has 0 radical (unpaired) electrons. The summed E-state index contributed by atoms with van der Waals surface area (Å²) in [5.41, 5.74) is 0. The van der Waals surface area contributed by atoms with Crippen LogP contribution in [0.15, 0.2) is 24.3 Å². The summed E-state index contributed by atoms with van der Waals surface area (Å²) in [6.07, 6.45) is 9.50. The summed E-state index contributed by atoms with van der Waals surface area (Å²) in [5, 5.41) is 0. The molecule has 0 saturated carbocycles. The first kappa shape index (κ1) is 15.0. The Morgan fingerprint density at radius 1 is 0.692 bits per heavy atom. The second kappa shape index (κ2) is 11.5. The molecular weight excluding hydrogens is 156 g/mol. The van der Waals surface area contributed by atoms with Gasteiger partial charge >= 0.3 is 0 Å². The summed E-state index contributed by atoms with van der Waals surface area (Å²) in [6.45, 7) is 13.0. The molecule has 1 rings (SSSR count). The highest BCUT2D eigenvalue weighted by molar-refractivity contribution is 5.11. The fourth-order valence-electron chi connectivity index (χ4n) is 0.393. The molecule has 0 spiro atoms. The number of rotatable bonds is 0. The number of hydrogen-bond acceptors (Lipinski definition) is 0. The van der Waals surface area contributed by atoms with E-state index in [0.717, 1.165) is 18.3 Å². The Balaban J connectivity index is 0. The molecule has 78 valence electrons. The van der Waals surface area contributed by atoms with E-state index >= 15 is 0 Å². The molecule has 0 unspecified atom stereocenters. The molecular formula is C13H26. The quantitative estimate of drug-likeness (QED) is 0.503. The fraction of sp³-hybridized carbons (Fsp3) is 0.692. The summed E-state index contributed by atoms with van der Waals surface area (Å²) in [7, 11) is 0. The summed E-state index contributed by atoms with van der Waals surface area (Å²) in [5.74, 6) is 1.67. The third kappa shape index (κ3) is 51.4. The molecule has 0 bridgehead atoms. The van der Waals surface area contributed by atoms with E-state index in [1.807, 2.05) is 0 Å². The molecule has 0 heteroatoms. The van der Waals surface area contributed by atoms with Gasteiger partial charge in [-0.05, 0) is 18.3 Å². The maximum atomic E-state index is 2.17. The molecule has 0 N–H and O–H groups in total. The van der Waals surface area contributed by atoms with Gasteiger partial charge in [-0.3, -0.25) is 0 Å². The number of hydrogen-bond donors (Lipinski definition) is 0. The van der Waals surface area contributed by atoms with E-state index in [1.165, 1.54) is 0 Å². The van der Waals surface area contributed by atoms with Crippen LogP contribution in [0.1, 0.15) is 48.0 Å². The Kier molecular flexibility index (Phi) is 13.2. The van der Waals surface area contributed by atoms with Gasteiger partial charge in [-0.25, -0.2) is 0 Å². The Morgan fingerprint density at radius 2 is 0.923 bits per heavy atom. The summed E-state index contributed by atoms with van der Waals surface area (Å²) >= 11 is 0. The molecule has 0 aromatic heterocycles. The van der Waals surface area contributed by atoms with E-state index in [4.69, 9.17) is 0 Å². The van der Waals surface area contributed by atoms with Crippen LogP contribution < -0.4 is 0 Å². The van der Waals surface area contributed by atoms with Crippen LogP contribution in [0.3, 0.4) is 0 Å². The van der Waals surface area contributed by atoms with Crippen molar-refractivity contribution in [2.45, 2.75) is 48.0 Å². The van der Waals surface area contributed by atoms with Crippen molar-refractivity contribution in [1.29, 1.82) is 0 Å². The molecule has 0 nitrogen and oxygen atoms in total. The molecule has 0 aliphatic heterocycles. The Labute approximate surface area is 84.7 Å². The molecule has 0 aromatic rings. The van der Waals surface area contributed by atoms with Crippen LogP contribution in [0, 0.1) is 11.8 Å². The van der Waals surface area contributed by atoms with Crippen LogP contribution in [0.2, 0.25) is 0 Å². The van der Waals surface area contributed by atoms with Gasteiger partial charge in [-0.1, -0.05) is 65.8 Å². The van der Waals surface area contributed by atoms with Gasteiger partial charge in [0.1, 0.15) is 0 Å². The van der Waals surface area contributed by atoms with Crippen molar-refractivity contribution < 1.29 is 0 Å². The lowest BCUT2D eigenvalue weighted by Crippen LogP contribution is -1.66. The first-order chi connectivity index (χ1) is 5.96. The van der Waals surface area contributed by atoms with Gasteiger partial charge in [0.25, 0.3) is 0 Å². The van der Waals surface area contributed by atoms with Crippen molar-refractivity contribution in [1.82, 2.24) is 0 Å². The molecule has 0 atom stereocenters. The van der Waals surface area contributed by atoms with Gasteiger partial charge in [0, 0.05) is 0 Å². The SMILES string of the molecule is C1=CCC=C1.CC(C)C.CC(C)C. The van der Waals surface area contributed by atoms with Crippen molar-refractivity contribution >= 4 is 0 Å². The minimum atomic E-state index is 0.833. The molecule has 0 fully saturated rings. The smallest absolute Gasteiger partial charge is 0.0163 e. The third-order valence-corrected chi connectivity index (χ3v) is 0.655. The standard InChI is InChI=1S/C5H6.2C4H10/c1-2-4-5-3-1;2*1-4(2)3/h1-4H,5H2;2*4H,1-3H3. The van der Waals surface area contributed by atoms with Gasteiger partial charge in [0.2, 0.25) is 0 Å². The minimum absolute atomic E-state index is 0.833. The topological polar surface area (TPSA) is 0 Å². The van der Waals surface area contributed by atoms with Gasteiger partial charge < -0.3 is 0 Å². The normalized spacial score (nSPS) is 12.3. The van der Waals surface area contributed by atoms with Gasteiger partial charge in [0.05, 0.1) is 0 Å². The van der Waals surface area contributed by atoms with Crippen molar-refractivity contribution in [2.75, 3.05) is 0 Å². The Morgan fingerprint density at radius 3 is 1.00 bits per heavy atom. The van der Waals surface area contributed by atoms with E-state index in [2.05, 4.69) is 65.8 Å². The average Bonchev–Trinajstić information content (AvgIpc) is 2.35. The maximum Gasteiger partial charge on any atom is -0.0163 e. The molecule has 0 amide bonds. The first-order valence-electron chi connectivity index (χ1n) is 5.28. The predicted octanol–water partition coefficient (Wildman–Crippen LogP) is 4.83. The van der Waals surface area contributed by atoms with Crippen LogP contribution in [-0.4, -0.2) is 0 Å².